The number of benzene rings is 2. The number of hydrogen-bond donors (Lipinski definition) is 2. The largest absolute Gasteiger partial charge is 0.497 e. The normalized spacial score (nSPS) is 24.3. The van der Waals surface area contributed by atoms with Gasteiger partial charge in [0.15, 0.2) is 0 Å². The molecule has 2 fully saturated rings. The average molecular weight is 457 g/mol. The highest BCUT2D eigenvalue weighted by molar-refractivity contribution is 8.04. The number of hydrogen-bond acceptors (Lipinski definition) is 4. The van der Waals surface area contributed by atoms with Gasteiger partial charge in [-0.3, -0.25) is 9.59 Å². The Balaban J connectivity index is 1.36. The second-order valence-corrected chi connectivity index (χ2v) is 9.53. The Labute approximate surface area is 191 Å². The quantitative estimate of drug-likeness (QED) is 0.654. The summed E-state index contributed by atoms with van der Waals surface area (Å²) >= 11 is 7.79. The lowest BCUT2D eigenvalue weighted by molar-refractivity contribution is -0.127. The molecule has 5 nitrogen and oxygen atoms in total. The number of nitrogens with one attached hydrogen (secondary N) is 2. The molecule has 1 saturated carbocycles. The summed E-state index contributed by atoms with van der Waals surface area (Å²) in [5, 5.41) is 7.06. The number of halogens is 1. The molecule has 0 spiro atoms. The average Bonchev–Trinajstić information content (AvgIpc) is 2.78. The zero-order valence-corrected chi connectivity index (χ0v) is 18.8. The van der Waals surface area contributed by atoms with Crippen LogP contribution in [-0.2, 0) is 16.1 Å². The van der Waals surface area contributed by atoms with Gasteiger partial charge in [0.1, 0.15) is 5.75 Å². The topological polar surface area (TPSA) is 67.4 Å². The standard InChI is InChI=1S/C24H25ClN2O3S/c1-30-18-7-4-5-15(11-18)12-22-24(29)27-20-13-16(9-10-21(20)31-22)23(28)26-14-17-6-2-3-8-19(17)25/h2-8,11-12,16,20-21H,9-10,13-14H2,1H3,(H,26,28)(H,27,29)/b22-12+. The molecule has 0 aromatic heterocycles. The summed E-state index contributed by atoms with van der Waals surface area (Å²) in [6.45, 7) is 0.414. The molecule has 3 unspecified atom stereocenters. The number of thioether (sulfide) groups is 1. The van der Waals surface area contributed by atoms with Crippen LogP contribution in [0.15, 0.2) is 53.4 Å². The Morgan fingerprint density at radius 3 is 2.90 bits per heavy atom. The van der Waals surface area contributed by atoms with E-state index in [1.165, 1.54) is 0 Å². The molecule has 2 aromatic rings. The molecule has 0 radical (unpaired) electrons. The smallest absolute Gasteiger partial charge is 0.257 e. The minimum Gasteiger partial charge on any atom is -0.497 e. The van der Waals surface area contributed by atoms with Crippen molar-refractivity contribution in [3.63, 3.8) is 0 Å². The van der Waals surface area contributed by atoms with Crippen LogP contribution in [-0.4, -0.2) is 30.2 Å². The van der Waals surface area contributed by atoms with E-state index in [-0.39, 0.29) is 29.0 Å². The summed E-state index contributed by atoms with van der Waals surface area (Å²) in [5.41, 5.74) is 1.84. The number of ether oxygens (including phenoxy) is 1. The van der Waals surface area contributed by atoms with E-state index in [9.17, 15) is 9.59 Å². The third-order valence-corrected chi connectivity index (χ3v) is 7.57. The van der Waals surface area contributed by atoms with Crippen LogP contribution < -0.4 is 15.4 Å². The van der Waals surface area contributed by atoms with E-state index in [0.29, 0.717) is 22.9 Å². The van der Waals surface area contributed by atoms with E-state index in [0.717, 1.165) is 29.7 Å². The van der Waals surface area contributed by atoms with Gasteiger partial charge < -0.3 is 15.4 Å². The van der Waals surface area contributed by atoms with Crippen molar-refractivity contribution in [3.8, 4) is 5.75 Å². The lowest BCUT2D eigenvalue weighted by Gasteiger charge is -2.39. The van der Waals surface area contributed by atoms with E-state index in [1.807, 2.05) is 54.6 Å². The van der Waals surface area contributed by atoms with Gasteiger partial charge in [0.05, 0.1) is 12.0 Å². The molecular formula is C24H25ClN2O3S. The fourth-order valence-corrected chi connectivity index (χ4v) is 5.58. The summed E-state index contributed by atoms with van der Waals surface area (Å²) in [6, 6.07) is 15.2. The molecule has 1 aliphatic heterocycles. The predicted octanol–water partition coefficient (Wildman–Crippen LogP) is 4.41. The maximum Gasteiger partial charge on any atom is 0.257 e. The zero-order valence-electron chi connectivity index (χ0n) is 17.3. The summed E-state index contributed by atoms with van der Waals surface area (Å²) < 4.78 is 5.26. The van der Waals surface area contributed by atoms with Crippen LogP contribution in [0.4, 0.5) is 0 Å². The third-order valence-electron chi connectivity index (χ3n) is 5.78. The summed E-state index contributed by atoms with van der Waals surface area (Å²) in [5.74, 6) is 0.604. The van der Waals surface area contributed by atoms with Crippen LogP contribution in [0.25, 0.3) is 6.08 Å². The molecule has 1 heterocycles. The Kier molecular flexibility index (Phi) is 6.88. The van der Waals surface area contributed by atoms with Gasteiger partial charge >= 0.3 is 0 Å². The Morgan fingerprint density at radius 1 is 1.26 bits per heavy atom. The number of methoxy groups -OCH3 is 1. The summed E-state index contributed by atoms with van der Waals surface area (Å²) in [4.78, 5) is 26.1. The monoisotopic (exact) mass is 456 g/mol. The minimum absolute atomic E-state index is 0.00442. The van der Waals surface area contributed by atoms with Crippen LogP contribution in [0.2, 0.25) is 5.02 Å². The molecule has 7 heteroatoms. The first kappa shape index (κ1) is 21.8. The highest BCUT2D eigenvalue weighted by atomic mass is 35.5. The molecule has 1 aliphatic carbocycles. The second-order valence-electron chi connectivity index (χ2n) is 7.84. The Hall–Kier alpha value is -2.44. The molecule has 2 aromatic carbocycles. The van der Waals surface area contributed by atoms with E-state index < -0.39 is 0 Å². The van der Waals surface area contributed by atoms with Crippen molar-refractivity contribution < 1.29 is 14.3 Å². The van der Waals surface area contributed by atoms with Crippen molar-refractivity contribution >= 4 is 41.3 Å². The highest BCUT2D eigenvalue weighted by Gasteiger charge is 2.39. The molecule has 3 atom stereocenters. The predicted molar refractivity (Wildman–Crippen MR) is 125 cm³/mol. The molecule has 162 valence electrons. The van der Waals surface area contributed by atoms with Gasteiger partial charge in [-0.05, 0) is 54.7 Å². The van der Waals surface area contributed by atoms with Crippen molar-refractivity contribution in [1.82, 2.24) is 10.6 Å². The van der Waals surface area contributed by atoms with Crippen LogP contribution >= 0.6 is 23.4 Å². The van der Waals surface area contributed by atoms with Crippen LogP contribution in [0.3, 0.4) is 0 Å². The first-order valence-electron chi connectivity index (χ1n) is 10.4. The van der Waals surface area contributed by atoms with Crippen molar-refractivity contribution in [3.05, 3.63) is 69.6 Å². The highest BCUT2D eigenvalue weighted by Crippen LogP contribution is 2.40. The lowest BCUT2D eigenvalue weighted by Crippen LogP contribution is -2.51. The number of carbonyl (C=O) groups is 2. The fourth-order valence-electron chi connectivity index (χ4n) is 4.08. The van der Waals surface area contributed by atoms with Crippen molar-refractivity contribution in [2.24, 2.45) is 5.92 Å². The van der Waals surface area contributed by atoms with E-state index >= 15 is 0 Å². The molecule has 2 amide bonds. The third kappa shape index (κ3) is 5.25. The van der Waals surface area contributed by atoms with Crippen LogP contribution in [0.5, 0.6) is 5.75 Å². The maximum atomic E-state index is 12.7. The van der Waals surface area contributed by atoms with Gasteiger partial charge in [0.2, 0.25) is 5.91 Å². The minimum atomic E-state index is -0.103. The van der Waals surface area contributed by atoms with Gasteiger partial charge in [0.25, 0.3) is 5.91 Å². The Morgan fingerprint density at radius 2 is 2.10 bits per heavy atom. The lowest BCUT2D eigenvalue weighted by atomic mass is 9.84. The summed E-state index contributed by atoms with van der Waals surface area (Å²) in [6.07, 6.45) is 4.26. The van der Waals surface area contributed by atoms with E-state index in [4.69, 9.17) is 16.3 Å². The Bertz CT molecular complexity index is 1010. The van der Waals surface area contributed by atoms with Crippen LogP contribution in [0.1, 0.15) is 30.4 Å². The van der Waals surface area contributed by atoms with Gasteiger partial charge in [-0.2, -0.15) is 0 Å². The molecular weight excluding hydrogens is 432 g/mol. The first-order chi connectivity index (χ1) is 15.0. The number of rotatable bonds is 5. The van der Waals surface area contributed by atoms with Gasteiger partial charge in [-0.25, -0.2) is 0 Å². The van der Waals surface area contributed by atoms with Crippen molar-refractivity contribution in [2.45, 2.75) is 37.1 Å². The van der Waals surface area contributed by atoms with Gasteiger partial charge in [-0.15, -0.1) is 11.8 Å². The molecule has 2 N–H and O–H groups in total. The van der Waals surface area contributed by atoms with Gasteiger partial charge in [-0.1, -0.05) is 41.9 Å². The van der Waals surface area contributed by atoms with Crippen molar-refractivity contribution in [1.29, 1.82) is 0 Å². The number of amides is 2. The zero-order chi connectivity index (χ0) is 21.8. The summed E-state index contributed by atoms with van der Waals surface area (Å²) in [7, 11) is 1.63. The molecule has 2 aliphatic rings. The SMILES string of the molecule is COc1cccc(/C=C2/SC3CCC(C(=O)NCc4ccccc4Cl)CC3NC2=O)c1. The molecule has 31 heavy (non-hydrogen) atoms. The first-order valence-corrected chi connectivity index (χ1v) is 11.6. The number of fused-ring (bicyclic) bond motifs is 1. The number of carbonyl (C=O) groups excluding carboxylic acids is 2. The van der Waals surface area contributed by atoms with Crippen molar-refractivity contribution in [2.75, 3.05) is 7.11 Å². The van der Waals surface area contributed by atoms with E-state index in [1.54, 1.807) is 18.9 Å². The van der Waals surface area contributed by atoms with Gasteiger partial charge in [0, 0.05) is 28.8 Å². The maximum absolute atomic E-state index is 12.7. The molecule has 1 saturated heterocycles. The molecule has 4 rings (SSSR count). The molecule has 0 bridgehead atoms. The second kappa shape index (κ2) is 9.79. The fraction of sp³-hybridized carbons (Fsp3) is 0.333. The van der Waals surface area contributed by atoms with E-state index in [2.05, 4.69) is 10.6 Å². The van der Waals surface area contributed by atoms with Crippen LogP contribution in [0, 0.1) is 5.92 Å².